The Morgan fingerprint density at radius 3 is 2.43 bits per heavy atom. The van der Waals surface area contributed by atoms with Crippen molar-refractivity contribution in [2.24, 2.45) is 5.10 Å². The molecular weight excluding hydrogens is 352 g/mol. The van der Waals surface area contributed by atoms with Gasteiger partial charge in [0.2, 0.25) is 5.91 Å². The van der Waals surface area contributed by atoms with Crippen molar-refractivity contribution in [2.75, 3.05) is 14.2 Å². The summed E-state index contributed by atoms with van der Waals surface area (Å²) in [6.45, 7) is 1.55. The monoisotopic (exact) mass is 374 g/mol. The van der Waals surface area contributed by atoms with Crippen LogP contribution in [0.4, 0.5) is 0 Å². The second-order valence-electron chi connectivity index (χ2n) is 6.76. The van der Waals surface area contributed by atoms with E-state index in [-0.39, 0.29) is 11.9 Å². The highest BCUT2D eigenvalue weighted by Gasteiger charge is 2.34. The Kier molecular flexibility index (Phi) is 4.74. The lowest BCUT2D eigenvalue weighted by atomic mass is 9.93. The molecule has 1 atom stereocenters. The number of methoxy groups -OCH3 is 2. The Morgan fingerprint density at radius 2 is 1.75 bits per heavy atom. The molecule has 0 N–H and O–H groups in total. The van der Waals surface area contributed by atoms with E-state index in [2.05, 4.69) is 17.2 Å². The molecule has 1 amide bonds. The van der Waals surface area contributed by atoms with Gasteiger partial charge in [-0.1, -0.05) is 30.3 Å². The quantitative estimate of drug-likeness (QED) is 0.673. The average Bonchev–Trinajstić information content (AvgIpc) is 3.18. The fraction of sp³-hybridized carbons (Fsp3) is 0.217. The maximum absolute atomic E-state index is 12.4. The van der Waals surface area contributed by atoms with Crippen LogP contribution >= 0.6 is 0 Å². The molecule has 0 aromatic heterocycles. The lowest BCUT2D eigenvalue weighted by molar-refractivity contribution is -0.130. The van der Waals surface area contributed by atoms with Crippen LogP contribution < -0.4 is 9.47 Å². The zero-order valence-corrected chi connectivity index (χ0v) is 16.2. The third-order valence-corrected chi connectivity index (χ3v) is 5.14. The van der Waals surface area contributed by atoms with Crippen molar-refractivity contribution in [2.45, 2.75) is 19.4 Å². The summed E-state index contributed by atoms with van der Waals surface area (Å²) in [4.78, 5) is 12.4. The van der Waals surface area contributed by atoms with E-state index >= 15 is 0 Å². The first-order valence-electron chi connectivity index (χ1n) is 9.19. The molecule has 5 heteroatoms. The smallest absolute Gasteiger partial charge is 0.240 e. The van der Waals surface area contributed by atoms with Gasteiger partial charge < -0.3 is 9.47 Å². The summed E-state index contributed by atoms with van der Waals surface area (Å²) in [7, 11) is 3.30. The van der Waals surface area contributed by atoms with Gasteiger partial charge in [-0.25, -0.2) is 5.01 Å². The predicted molar refractivity (Wildman–Crippen MR) is 110 cm³/mol. The molecule has 3 aromatic rings. The summed E-state index contributed by atoms with van der Waals surface area (Å²) in [6.07, 6.45) is 0.621. The molecule has 3 aromatic carbocycles. The number of rotatable bonds is 4. The topological polar surface area (TPSA) is 51.1 Å². The van der Waals surface area contributed by atoms with E-state index in [0.717, 1.165) is 39.1 Å². The Balaban J connectivity index is 1.80. The summed E-state index contributed by atoms with van der Waals surface area (Å²) in [6, 6.07) is 19.7. The van der Waals surface area contributed by atoms with Gasteiger partial charge in [-0.15, -0.1) is 0 Å². The minimum atomic E-state index is -0.212. The molecule has 0 saturated carbocycles. The zero-order chi connectivity index (χ0) is 19.7. The number of nitrogens with zero attached hydrogens (tertiary/aromatic N) is 2. The van der Waals surface area contributed by atoms with E-state index < -0.39 is 0 Å². The highest BCUT2D eigenvalue weighted by molar-refractivity contribution is 6.04. The number of carbonyl (C=O) groups excluding carboxylic acids is 1. The van der Waals surface area contributed by atoms with Gasteiger partial charge in [-0.2, -0.15) is 5.10 Å². The SMILES string of the molecule is COc1ccc(C2=NN(C(C)=O)[C@@H](c3c(OC)ccc4ccccc34)C2)cc1. The Hall–Kier alpha value is -3.34. The number of benzene rings is 3. The van der Waals surface area contributed by atoms with Crippen molar-refractivity contribution in [3.8, 4) is 11.5 Å². The molecule has 5 nitrogen and oxygen atoms in total. The average molecular weight is 374 g/mol. The minimum absolute atomic E-state index is 0.0940. The summed E-state index contributed by atoms with van der Waals surface area (Å²) >= 11 is 0. The van der Waals surface area contributed by atoms with Gasteiger partial charge in [0, 0.05) is 18.9 Å². The molecule has 0 radical (unpaired) electrons. The second kappa shape index (κ2) is 7.35. The highest BCUT2D eigenvalue weighted by Crippen LogP contribution is 2.41. The third-order valence-electron chi connectivity index (χ3n) is 5.14. The van der Waals surface area contributed by atoms with Crippen molar-refractivity contribution < 1.29 is 14.3 Å². The number of fused-ring (bicyclic) bond motifs is 1. The Labute approximate surface area is 164 Å². The van der Waals surface area contributed by atoms with Crippen molar-refractivity contribution >= 4 is 22.4 Å². The lowest BCUT2D eigenvalue weighted by Crippen LogP contribution is -2.25. The van der Waals surface area contributed by atoms with Gasteiger partial charge >= 0.3 is 0 Å². The van der Waals surface area contributed by atoms with Crippen LogP contribution in [0.3, 0.4) is 0 Å². The summed E-state index contributed by atoms with van der Waals surface area (Å²) in [5.41, 5.74) is 2.84. The van der Waals surface area contributed by atoms with Crippen LogP contribution in [0.5, 0.6) is 11.5 Å². The molecule has 0 saturated heterocycles. The molecule has 1 aliphatic heterocycles. The first-order chi connectivity index (χ1) is 13.6. The zero-order valence-electron chi connectivity index (χ0n) is 16.2. The standard InChI is InChI=1S/C23H22N2O3/c1-15(26)25-21(14-20(24-25)17-8-11-18(27-2)12-9-17)23-19-7-5-4-6-16(19)10-13-22(23)28-3/h4-13,21H,14H2,1-3H3/t21-/m1/s1. The number of hydrogen-bond donors (Lipinski definition) is 0. The molecule has 0 aliphatic carbocycles. The molecule has 0 unspecified atom stereocenters. The normalized spacial score (nSPS) is 16.2. The molecule has 1 aliphatic rings. The van der Waals surface area contributed by atoms with E-state index in [4.69, 9.17) is 9.47 Å². The number of ether oxygens (including phenoxy) is 2. The highest BCUT2D eigenvalue weighted by atomic mass is 16.5. The predicted octanol–water partition coefficient (Wildman–Crippen LogP) is 4.55. The van der Waals surface area contributed by atoms with E-state index in [1.165, 1.54) is 0 Å². The van der Waals surface area contributed by atoms with Crippen LogP contribution in [0.2, 0.25) is 0 Å². The maximum Gasteiger partial charge on any atom is 0.240 e. The molecule has 0 spiro atoms. The molecule has 0 bridgehead atoms. The molecule has 4 rings (SSSR count). The summed E-state index contributed by atoms with van der Waals surface area (Å²) in [5.74, 6) is 1.46. The van der Waals surface area contributed by atoms with Crippen molar-refractivity contribution in [1.29, 1.82) is 0 Å². The molecule has 0 fully saturated rings. The number of carbonyl (C=O) groups is 1. The van der Waals surface area contributed by atoms with Crippen LogP contribution in [0.25, 0.3) is 10.8 Å². The van der Waals surface area contributed by atoms with E-state index in [1.807, 2.05) is 48.5 Å². The molecule has 142 valence electrons. The first-order valence-corrected chi connectivity index (χ1v) is 9.19. The minimum Gasteiger partial charge on any atom is -0.497 e. The van der Waals surface area contributed by atoms with Crippen LogP contribution in [0.15, 0.2) is 65.8 Å². The number of hydrogen-bond acceptors (Lipinski definition) is 4. The Bertz CT molecular complexity index is 1060. The van der Waals surface area contributed by atoms with Crippen LogP contribution in [0, 0.1) is 0 Å². The maximum atomic E-state index is 12.4. The van der Waals surface area contributed by atoms with E-state index in [0.29, 0.717) is 6.42 Å². The van der Waals surface area contributed by atoms with Gasteiger partial charge in [0.1, 0.15) is 11.5 Å². The van der Waals surface area contributed by atoms with Gasteiger partial charge in [0.25, 0.3) is 0 Å². The first kappa shape index (κ1) is 18.0. The van der Waals surface area contributed by atoms with Crippen LogP contribution in [0.1, 0.15) is 30.5 Å². The van der Waals surface area contributed by atoms with E-state index in [9.17, 15) is 4.79 Å². The third kappa shape index (κ3) is 3.09. The van der Waals surface area contributed by atoms with Crippen LogP contribution in [-0.4, -0.2) is 30.8 Å². The van der Waals surface area contributed by atoms with Gasteiger partial charge in [0.05, 0.1) is 26.0 Å². The second-order valence-corrected chi connectivity index (χ2v) is 6.76. The van der Waals surface area contributed by atoms with Gasteiger partial charge in [-0.3, -0.25) is 4.79 Å². The summed E-state index contributed by atoms with van der Waals surface area (Å²) < 4.78 is 10.9. The Morgan fingerprint density at radius 1 is 1.00 bits per heavy atom. The van der Waals surface area contributed by atoms with Crippen molar-refractivity contribution in [1.82, 2.24) is 5.01 Å². The van der Waals surface area contributed by atoms with Crippen molar-refractivity contribution in [3.05, 3.63) is 71.8 Å². The summed E-state index contributed by atoms with van der Waals surface area (Å²) in [5, 5.41) is 8.41. The fourth-order valence-electron chi connectivity index (χ4n) is 3.78. The molecular formula is C23H22N2O3. The van der Waals surface area contributed by atoms with Crippen molar-refractivity contribution in [3.63, 3.8) is 0 Å². The molecule has 1 heterocycles. The molecule has 28 heavy (non-hydrogen) atoms. The fourth-order valence-corrected chi connectivity index (χ4v) is 3.78. The van der Waals surface area contributed by atoms with Gasteiger partial charge in [0.15, 0.2) is 0 Å². The van der Waals surface area contributed by atoms with E-state index in [1.54, 1.807) is 26.2 Å². The lowest BCUT2D eigenvalue weighted by Gasteiger charge is -2.24. The largest absolute Gasteiger partial charge is 0.497 e. The van der Waals surface area contributed by atoms with Crippen LogP contribution in [-0.2, 0) is 4.79 Å². The number of hydrazone groups is 1. The number of amides is 1. The van der Waals surface area contributed by atoms with Gasteiger partial charge in [-0.05, 0) is 46.7 Å².